The van der Waals surface area contributed by atoms with Gasteiger partial charge in [0.15, 0.2) is 0 Å². The maximum absolute atomic E-state index is 12.5. The van der Waals surface area contributed by atoms with E-state index in [1.54, 1.807) is 0 Å². The minimum Gasteiger partial charge on any atom is -0.392 e. The van der Waals surface area contributed by atoms with Crippen LogP contribution in [0.1, 0.15) is 51.9 Å². The summed E-state index contributed by atoms with van der Waals surface area (Å²) in [5, 5.41) is 3.11. The van der Waals surface area contributed by atoms with Crippen molar-refractivity contribution in [3.63, 3.8) is 0 Å². The van der Waals surface area contributed by atoms with Crippen molar-refractivity contribution in [2.75, 3.05) is 6.61 Å². The van der Waals surface area contributed by atoms with Crippen molar-refractivity contribution in [1.82, 2.24) is 5.32 Å². The van der Waals surface area contributed by atoms with Gasteiger partial charge in [-0.25, -0.2) is 0 Å². The Hall–Kier alpha value is -0.680. The molecule has 5 heteroatoms. The topological polar surface area (TPSA) is 64.3 Å². The molecule has 0 atom stereocenters. The first-order valence-corrected chi connectivity index (χ1v) is 7.72. The molecular formula is C14H24N2O2S. The Bertz CT molecular complexity index is 347. The summed E-state index contributed by atoms with van der Waals surface area (Å²) in [7, 11) is 0. The lowest BCUT2D eigenvalue weighted by atomic mass is 9.72. The third-order valence-electron chi connectivity index (χ3n) is 4.45. The smallest absolute Gasteiger partial charge is 0.233 e. The molecule has 0 unspecified atom stereocenters. The monoisotopic (exact) mass is 284 g/mol. The number of carbonyl (C=O) groups is 1. The second-order valence-corrected chi connectivity index (χ2v) is 6.17. The van der Waals surface area contributed by atoms with Crippen LogP contribution in [-0.4, -0.2) is 29.6 Å². The minimum atomic E-state index is -0.593. The molecule has 0 heterocycles. The summed E-state index contributed by atoms with van der Waals surface area (Å²) in [6.45, 7) is 2.73. The number of nitrogens with one attached hydrogen (secondary N) is 1. The van der Waals surface area contributed by atoms with Crippen molar-refractivity contribution in [2.24, 2.45) is 11.1 Å². The summed E-state index contributed by atoms with van der Waals surface area (Å²) in [4.78, 5) is 12.9. The molecule has 0 aliphatic heterocycles. The fourth-order valence-electron chi connectivity index (χ4n) is 3.12. The lowest BCUT2D eigenvalue weighted by Gasteiger charge is -2.40. The summed E-state index contributed by atoms with van der Waals surface area (Å²) >= 11 is 5.17. The molecule has 2 rings (SSSR count). The largest absolute Gasteiger partial charge is 0.392 e. The van der Waals surface area contributed by atoms with Crippen LogP contribution in [0.4, 0.5) is 0 Å². The van der Waals surface area contributed by atoms with E-state index in [-0.39, 0.29) is 11.9 Å². The van der Waals surface area contributed by atoms with E-state index in [9.17, 15) is 4.79 Å². The van der Waals surface area contributed by atoms with Gasteiger partial charge >= 0.3 is 0 Å². The molecule has 0 saturated heterocycles. The lowest BCUT2D eigenvalue weighted by Crippen LogP contribution is -2.56. The van der Waals surface area contributed by atoms with E-state index in [0.717, 1.165) is 45.1 Å². The summed E-state index contributed by atoms with van der Waals surface area (Å²) in [5.74, 6) is 0.0413. The molecule has 4 nitrogen and oxygen atoms in total. The standard InChI is InChI=1S/C14H24N2O2S/c1-2-18-11-8-10(9-11)16-13(17)14(12(15)19)6-4-3-5-7-14/h10-11H,2-9H2,1H3,(H2,15,19)(H,16,17). The average Bonchev–Trinajstić information content (AvgIpc) is 2.36. The quantitative estimate of drug-likeness (QED) is 0.757. The molecular weight excluding hydrogens is 260 g/mol. The van der Waals surface area contributed by atoms with E-state index in [1.807, 2.05) is 6.92 Å². The number of hydrogen-bond acceptors (Lipinski definition) is 3. The Morgan fingerprint density at radius 3 is 2.53 bits per heavy atom. The van der Waals surface area contributed by atoms with Crippen molar-refractivity contribution in [1.29, 1.82) is 0 Å². The van der Waals surface area contributed by atoms with Gasteiger partial charge in [-0.2, -0.15) is 0 Å². The molecule has 2 fully saturated rings. The highest BCUT2D eigenvalue weighted by Crippen LogP contribution is 2.37. The molecule has 108 valence electrons. The van der Waals surface area contributed by atoms with Crippen LogP contribution in [0, 0.1) is 5.41 Å². The Morgan fingerprint density at radius 1 is 1.37 bits per heavy atom. The van der Waals surface area contributed by atoms with E-state index < -0.39 is 5.41 Å². The van der Waals surface area contributed by atoms with Gasteiger partial charge in [0, 0.05) is 12.6 Å². The lowest BCUT2D eigenvalue weighted by molar-refractivity contribution is -0.131. The number of ether oxygens (including phenoxy) is 1. The fourth-order valence-corrected chi connectivity index (χ4v) is 3.42. The van der Waals surface area contributed by atoms with Gasteiger partial charge < -0.3 is 15.8 Å². The summed E-state index contributed by atoms with van der Waals surface area (Å²) in [6, 6.07) is 0.234. The van der Waals surface area contributed by atoms with Gasteiger partial charge in [-0.1, -0.05) is 31.5 Å². The van der Waals surface area contributed by atoms with E-state index >= 15 is 0 Å². The van der Waals surface area contributed by atoms with Gasteiger partial charge in [0.2, 0.25) is 5.91 Å². The first-order chi connectivity index (χ1) is 9.08. The van der Waals surface area contributed by atoms with Crippen molar-refractivity contribution >= 4 is 23.1 Å². The van der Waals surface area contributed by atoms with Crippen LogP contribution in [0.25, 0.3) is 0 Å². The number of carbonyl (C=O) groups excluding carboxylic acids is 1. The van der Waals surface area contributed by atoms with Crippen LogP contribution in [0.15, 0.2) is 0 Å². The van der Waals surface area contributed by atoms with Crippen molar-refractivity contribution < 1.29 is 9.53 Å². The zero-order valence-electron chi connectivity index (χ0n) is 11.6. The summed E-state index contributed by atoms with van der Waals surface area (Å²) < 4.78 is 5.51. The maximum atomic E-state index is 12.5. The van der Waals surface area contributed by atoms with E-state index in [1.165, 1.54) is 6.42 Å². The summed E-state index contributed by atoms with van der Waals surface area (Å²) in [5.41, 5.74) is 5.27. The molecule has 19 heavy (non-hydrogen) atoms. The number of hydrogen-bond donors (Lipinski definition) is 2. The van der Waals surface area contributed by atoms with E-state index in [2.05, 4.69) is 5.32 Å². The molecule has 2 aliphatic rings. The molecule has 1 amide bonds. The highest BCUT2D eigenvalue weighted by atomic mass is 32.1. The second-order valence-electron chi connectivity index (χ2n) is 5.73. The molecule has 0 aromatic rings. The highest BCUT2D eigenvalue weighted by Gasteiger charge is 2.44. The van der Waals surface area contributed by atoms with Crippen LogP contribution >= 0.6 is 12.2 Å². The van der Waals surface area contributed by atoms with Crippen molar-refractivity contribution in [3.05, 3.63) is 0 Å². The Kier molecular flexibility index (Phi) is 4.79. The first-order valence-electron chi connectivity index (χ1n) is 7.31. The normalized spacial score (nSPS) is 29.3. The molecule has 0 radical (unpaired) electrons. The van der Waals surface area contributed by atoms with Gasteiger partial charge in [0.1, 0.15) is 0 Å². The number of amides is 1. The molecule has 2 saturated carbocycles. The van der Waals surface area contributed by atoms with Gasteiger partial charge in [-0.05, 0) is 32.6 Å². The minimum absolute atomic E-state index is 0.0413. The molecule has 0 aromatic heterocycles. The van der Waals surface area contributed by atoms with E-state index in [4.69, 9.17) is 22.7 Å². The van der Waals surface area contributed by atoms with Crippen LogP contribution in [-0.2, 0) is 9.53 Å². The Balaban J connectivity index is 1.89. The van der Waals surface area contributed by atoms with Gasteiger partial charge in [0.05, 0.1) is 16.5 Å². The number of thiocarbonyl (C=S) groups is 1. The zero-order chi connectivity index (χ0) is 13.9. The first kappa shape index (κ1) is 14.7. The van der Waals surface area contributed by atoms with Gasteiger partial charge in [0.25, 0.3) is 0 Å². The molecule has 0 aromatic carbocycles. The van der Waals surface area contributed by atoms with Gasteiger partial charge in [-0.3, -0.25) is 4.79 Å². The predicted molar refractivity (Wildman–Crippen MR) is 78.9 cm³/mol. The van der Waals surface area contributed by atoms with Gasteiger partial charge in [-0.15, -0.1) is 0 Å². The van der Waals surface area contributed by atoms with Crippen molar-refractivity contribution in [3.8, 4) is 0 Å². The van der Waals surface area contributed by atoms with Crippen LogP contribution in [0.2, 0.25) is 0 Å². The second kappa shape index (κ2) is 6.18. The third kappa shape index (κ3) is 3.08. The highest BCUT2D eigenvalue weighted by molar-refractivity contribution is 7.80. The van der Waals surface area contributed by atoms with Crippen molar-refractivity contribution in [2.45, 2.75) is 64.0 Å². The molecule has 2 aliphatic carbocycles. The zero-order valence-corrected chi connectivity index (χ0v) is 12.4. The predicted octanol–water partition coefficient (Wildman–Crippen LogP) is 1.91. The van der Waals surface area contributed by atoms with E-state index in [0.29, 0.717) is 11.1 Å². The average molecular weight is 284 g/mol. The molecule has 0 spiro atoms. The fraction of sp³-hybridized carbons (Fsp3) is 0.857. The van der Waals surface area contributed by atoms with Crippen LogP contribution in [0.5, 0.6) is 0 Å². The van der Waals surface area contributed by atoms with Crippen LogP contribution < -0.4 is 11.1 Å². The maximum Gasteiger partial charge on any atom is 0.233 e. The number of nitrogens with two attached hydrogens (primary N) is 1. The number of rotatable bonds is 5. The molecule has 0 bridgehead atoms. The molecule has 3 N–H and O–H groups in total. The Morgan fingerprint density at radius 2 is 2.00 bits per heavy atom. The van der Waals surface area contributed by atoms with Crippen LogP contribution in [0.3, 0.4) is 0 Å². The Labute approximate surface area is 120 Å². The third-order valence-corrected chi connectivity index (χ3v) is 4.84. The SMILES string of the molecule is CCOC1CC(NC(=O)C2(C(N)=S)CCCCC2)C1. The summed E-state index contributed by atoms with van der Waals surface area (Å²) in [6.07, 6.45) is 6.98.